The molecule has 2 unspecified atom stereocenters. The molecule has 0 bridgehead atoms. The summed E-state index contributed by atoms with van der Waals surface area (Å²) < 4.78 is 10.9. The zero-order valence-electron chi connectivity index (χ0n) is 13.4. The van der Waals surface area contributed by atoms with Crippen LogP contribution in [0, 0.1) is 0 Å². The minimum atomic E-state index is -0.225. The summed E-state index contributed by atoms with van der Waals surface area (Å²) in [6.45, 7) is 3.15. The molecule has 2 atom stereocenters. The van der Waals surface area contributed by atoms with Gasteiger partial charge in [0.1, 0.15) is 11.1 Å². The first-order valence-electron chi connectivity index (χ1n) is 7.89. The molecular formula is C18H19ClN2O3. The maximum atomic E-state index is 12.4. The predicted octanol–water partition coefficient (Wildman–Crippen LogP) is 3.39. The van der Waals surface area contributed by atoms with E-state index in [-0.39, 0.29) is 18.1 Å². The Morgan fingerprint density at radius 3 is 2.88 bits per heavy atom. The van der Waals surface area contributed by atoms with Gasteiger partial charge in [-0.05, 0) is 18.6 Å². The number of carbonyl (C=O) groups is 1. The summed E-state index contributed by atoms with van der Waals surface area (Å²) in [5, 5.41) is 3.26. The van der Waals surface area contributed by atoms with E-state index in [1.54, 1.807) is 6.07 Å². The van der Waals surface area contributed by atoms with Gasteiger partial charge in [0.2, 0.25) is 5.88 Å². The molecule has 0 spiro atoms. The molecule has 3 rings (SSSR count). The Kier molecular flexibility index (Phi) is 5.33. The van der Waals surface area contributed by atoms with Crippen LogP contribution in [0.15, 0.2) is 42.6 Å². The largest absolute Gasteiger partial charge is 0.471 e. The van der Waals surface area contributed by atoms with Crippen LogP contribution in [0.4, 0.5) is 0 Å². The van der Waals surface area contributed by atoms with Crippen LogP contribution in [0.2, 0.25) is 5.02 Å². The highest BCUT2D eigenvalue weighted by Crippen LogP contribution is 2.25. The SMILES string of the molecule is CC(NC(=O)c1cnc(OC2CCOC2)c(Cl)c1)c1ccccc1. The summed E-state index contributed by atoms with van der Waals surface area (Å²) in [6, 6.07) is 11.2. The summed E-state index contributed by atoms with van der Waals surface area (Å²) in [4.78, 5) is 16.5. The van der Waals surface area contributed by atoms with Crippen molar-refractivity contribution in [2.45, 2.75) is 25.5 Å². The number of carbonyl (C=O) groups excluding carboxylic acids is 1. The van der Waals surface area contributed by atoms with Crippen molar-refractivity contribution in [3.8, 4) is 5.88 Å². The highest BCUT2D eigenvalue weighted by atomic mass is 35.5. The molecule has 1 fully saturated rings. The van der Waals surface area contributed by atoms with Gasteiger partial charge in [-0.3, -0.25) is 4.79 Å². The number of nitrogens with one attached hydrogen (secondary N) is 1. The molecule has 1 aromatic carbocycles. The molecule has 2 aromatic rings. The lowest BCUT2D eigenvalue weighted by Crippen LogP contribution is -2.26. The van der Waals surface area contributed by atoms with Crippen molar-refractivity contribution in [2.75, 3.05) is 13.2 Å². The Morgan fingerprint density at radius 2 is 2.21 bits per heavy atom. The Balaban J connectivity index is 1.65. The van der Waals surface area contributed by atoms with Gasteiger partial charge in [-0.2, -0.15) is 0 Å². The molecule has 0 saturated carbocycles. The normalized spacial score (nSPS) is 18.2. The van der Waals surface area contributed by atoms with Crippen molar-refractivity contribution in [2.24, 2.45) is 0 Å². The van der Waals surface area contributed by atoms with Crippen molar-refractivity contribution in [3.63, 3.8) is 0 Å². The van der Waals surface area contributed by atoms with E-state index in [0.29, 0.717) is 29.7 Å². The lowest BCUT2D eigenvalue weighted by atomic mass is 10.1. The summed E-state index contributed by atoms with van der Waals surface area (Å²) in [5.41, 5.74) is 1.43. The molecule has 1 N–H and O–H groups in total. The third-order valence-corrected chi connectivity index (χ3v) is 4.15. The molecule has 1 aliphatic heterocycles. The lowest BCUT2D eigenvalue weighted by molar-refractivity contribution is 0.0939. The number of rotatable bonds is 5. The number of amides is 1. The van der Waals surface area contributed by atoms with Crippen LogP contribution >= 0.6 is 11.6 Å². The fourth-order valence-electron chi connectivity index (χ4n) is 2.50. The summed E-state index contributed by atoms with van der Waals surface area (Å²) in [6.07, 6.45) is 2.26. The third-order valence-electron chi connectivity index (χ3n) is 3.88. The zero-order chi connectivity index (χ0) is 16.9. The Bertz CT molecular complexity index is 703. The van der Waals surface area contributed by atoms with Crippen LogP contribution in [0.1, 0.15) is 35.3 Å². The monoisotopic (exact) mass is 346 g/mol. The van der Waals surface area contributed by atoms with Gasteiger partial charge in [0, 0.05) is 12.6 Å². The fourth-order valence-corrected chi connectivity index (χ4v) is 2.72. The number of hydrogen-bond donors (Lipinski definition) is 1. The van der Waals surface area contributed by atoms with Gasteiger partial charge in [0.05, 0.1) is 24.8 Å². The second kappa shape index (κ2) is 7.64. The smallest absolute Gasteiger partial charge is 0.253 e. The molecule has 5 nitrogen and oxygen atoms in total. The predicted molar refractivity (Wildman–Crippen MR) is 91.4 cm³/mol. The lowest BCUT2D eigenvalue weighted by Gasteiger charge is -2.15. The first kappa shape index (κ1) is 16.7. The number of aromatic nitrogens is 1. The van der Waals surface area contributed by atoms with Crippen molar-refractivity contribution < 1.29 is 14.3 Å². The molecular weight excluding hydrogens is 328 g/mol. The standard InChI is InChI=1S/C18H19ClN2O3/c1-12(13-5-3-2-4-6-13)21-17(22)14-9-16(19)18(20-10-14)24-15-7-8-23-11-15/h2-6,9-10,12,15H,7-8,11H2,1H3,(H,21,22). The Hall–Kier alpha value is -2.11. The number of benzene rings is 1. The minimum absolute atomic E-state index is 0.0345. The summed E-state index contributed by atoms with van der Waals surface area (Å²) in [7, 11) is 0. The highest BCUT2D eigenvalue weighted by molar-refractivity contribution is 6.32. The molecule has 1 aliphatic rings. The van der Waals surface area contributed by atoms with E-state index in [0.717, 1.165) is 12.0 Å². The van der Waals surface area contributed by atoms with E-state index in [1.165, 1.54) is 6.20 Å². The van der Waals surface area contributed by atoms with Crippen LogP contribution in [-0.2, 0) is 4.74 Å². The highest BCUT2D eigenvalue weighted by Gasteiger charge is 2.20. The number of ether oxygens (including phenoxy) is 2. The average molecular weight is 347 g/mol. The van der Waals surface area contributed by atoms with Crippen LogP contribution < -0.4 is 10.1 Å². The molecule has 1 amide bonds. The van der Waals surface area contributed by atoms with Crippen LogP contribution in [0.5, 0.6) is 5.88 Å². The first-order chi connectivity index (χ1) is 11.6. The summed E-state index contributed by atoms with van der Waals surface area (Å²) in [5.74, 6) is 0.108. The van der Waals surface area contributed by atoms with Gasteiger partial charge in [-0.1, -0.05) is 41.9 Å². The van der Waals surface area contributed by atoms with Crippen molar-refractivity contribution in [1.29, 1.82) is 0 Å². The molecule has 1 saturated heterocycles. The molecule has 1 aromatic heterocycles. The van der Waals surface area contributed by atoms with E-state index in [4.69, 9.17) is 21.1 Å². The number of pyridine rings is 1. The van der Waals surface area contributed by atoms with Gasteiger partial charge in [-0.15, -0.1) is 0 Å². The topological polar surface area (TPSA) is 60.5 Å². The Labute approximate surface area is 145 Å². The molecule has 0 radical (unpaired) electrons. The molecule has 24 heavy (non-hydrogen) atoms. The Morgan fingerprint density at radius 1 is 1.42 bits per heavy atom. The molecule has 126 valence electrons. The zero-order valence-corrected chi connectivity index (χ0v) is 14.1. The first-order valence-corrected chi connectivity index (χ1v) is 8.27. The second-order valence-corrected chi connectivity index (χ2v) is 6.13. The molecule has 6 heteroatoms. The summed E-state index contributed by atoms with van der Waals surface area (Å²) >= 11 is 6.20. The number of nitrogens with zero attached hydrogens (tertiary/aromatic N) is 1. The van der Waals surface area contributed by atoms with E-state index >= 15 is 0 Å². The third kappa shape index (κ3) is 4.04. The maximum Gasteiger partial charge on any atom is 0.253 e. The van der Waals surface area contributed by atoms with Gasteiger partial charge in [0.15, 0.2) is 0 Å². The van der Waals surface area contributed by atoms with Crippen molar-refractivity contribution in [3.05, 3.63) is 58.7 Å². The van der Waals surface area contributed by atoms with Crippen molar-refractivity contribution in [1.82, 2.24) is 10.3 Å². The van der Waals surface area contributed by atoms with Gasteiger partial charge in [0.25, 0.3) is 5.91 Å². The van der Waals surface area contributed by atoms with E-state index in [1.807, 2.05) is 37.3 Å². The average Bonchev–Trinajstić information content (AvgIpc) is 3.10. The molecule has 2 heterocycles. The molecule has 0 aliphatic carbocycles. The van der Waals surface area contributed by atoms with Crippen LogP contribution in [-0.4, -0.2) is 30.2 Å². The second-order valence-electron chi connectivity index (χ2n) is 5.72. The van der Waals surface area contributed by atoms with Gasteiger partial charge in [-0.25, -0.2) is 4.98 Å². The number of halogens is 1. The van der Waals surface area contributed by atoms with Crippen LogP contribution in [0.25, 0.3) is 0 Å². The minimum Gasteiger partial charge on any atom is -0.471 e. The number of hydrogen-bond acceptors (Lipinski definition) is 4. The van der Waals surface area contributed by atoms with E-state index < -0.39 is 0 Å². The fraction of sp³-hybridized carbons (Fsp3) is 0.333. The quantitative estimate of drug-likeness (QED) is 0.901. The van der Waals surface area contributed by atoms with E-state index in [9.17, 15) is 4.79 Å². The van der Waals surface area contributed by atoms with E-state index in [2.05, 4.69) is 10.3 Å². The maximum absolute atomic E-state index is 12.4. The van der Waals surface area contributed by atoms with Crippen LogP contribution in [0.3, 0.4) is 0 Å². The van der Waals surface area contributed by atoms with Crippen molar-refractivity contribution >= 4 is 17.5 Å². The van der Waals surface area contributed by atoms with Gasteiger partial charge >= 0.3 is 0 Å². The van der Waals surface area contributed by atoms with Gasteiger partial charge < -0.3 is 14.8 Å².